The van der Waals surface area contributed by atoms with Crippen LogP contribution in [-0.4, -0.2) is 53.0 Å². The topological polar surface area (TPSA) is 72.9 Å². The van der Waals surface area contributed by atoms with Crippen molar-refractivity contribution in [3.63, 3.8) is 0 Å². The molecule has 3 atom stereocenters. The minimum atomic E-state index is -4.58. The predicted octanol–water partition coefficient (Wildman–Crippen LogP) is 5.19. The molecule has 0 radical (unpaired) electrons. The first kappa shape index (κ1) is 26.4. The number of imide groups is 1. The summed E-state index contributed by atoms with van der Waals surface area (Å²) < 4.78 is 64.5. The number of hydrogen-bond donors (Lipinski definition) is 0. The fraction of sp³-hybridized carbons (Fsp3) is 0.864. The van der Waals surface area contributed by atoms with Gasteiger partial charge in [-0.15, -0.1) is 0 Å². The first-order valence-corrected chi connectivity index (χ1v) is 11.0. The number of ether oxygens (including phenoxy) is 2. The van der Waals surface area contributed by atoms with E-state index < -0.39 is 72.6 Å². The number of carbonyl (C=O) groups is 3. The monoisotopic (exact) mass is 467 g/mol. The zero-order chi connectivity index (χ0) is 24.5. The number of carbonyl (C=O) groups excluding carboxylic acids is 3. The van der Waals surface area contributed by atoms with Crippen LogP contribution >= 0.6 is 0 Å². The van der Waals surface area contributed by atoms with Crippen molar-refractivity contribution in [2.24, 2.45) is 17.8 Å². The third-order valence-corrected chi connectivity index (χ3v) is 6.00. The molecule has 184 valence electrons. The van der Waals surface area contributed by atoms with Crippen molar-refractivity contribution in [3.05, 3.63) is 0 Å². The van der Waals surface area contributed by atoms with E-state index in [0.29, 0.717) is 6.42 Å². The molecule has 2 amide bonds. The van der Waals surface area contributed by atoms with E-state index >= 15 is 4.39 Å². The molecule has 1 aliphatic carbocycles. The van der Waals surface area contributed by atoms with Gasteiger partial charge in [-0.3, -0.25) is 9.59 Å². The number of cyclic esters (lactones) is 1. The summed E-state index contributed by atoms with van der Waals surface area (Å²) in [5, 5.41) is 0. The fourth-order valence-corrected chi connectivity index (χ4v) is 4.10. The molecule has 0 aromatic heterocycles. The van der Waals surface area contributed by atoms with Crippen molar-refractivity contribution in [2.75, 3.05) is 6.61 Å². The summed E-state index contributed by atoms with van der Waals surface area (Å²) in [7, 11) is 0. The van der Waals surface area contributed by atoms with Gasteiger partial charge in [-0.2, -0.15) is 13.2 Å². The zero-order valence-electron chi connectivity index (χ0n) is 19.3. The van der Waals surface area contributed by atoms with Gasteiger partial charge in [-0.25, -0.2) is 14.1 Å². The molecule has 0 aromatic carbocycles. The molecule has 0 spiro atoms. The van der Waals surface area contributed by atoms with Crippen LogP contribution in [0.5, 0.6) is 0 Å². The quantitative estimate of drug-likeness (QED) is 0.363. The van der Waals surface area contributed by atoms with Gasteiger partial charge >= 0.3 is 18.2 Å². The maximum absolute atomic E-state index is 15.1. The number of alkyl halides is 4. The van der Waals surface area contributed by atoms with Crippen LogP contribution < -0.4 is 0 Å². The average molecular weight is 468 g/mol. The summed E-state index contributed by atoms with van der Waals surface area (Å²) in [6.45, 7) is 8.13. The Hall–Kier alpha value is -1.87. The SMILES string of the molecule is CC(C)[C@@H]1COC(=O)N1C(=O)[C@@H](CC1(F)CCC1)[C@H](CCC(F)(F)F)C(=O)OC(C)(C)C. The average Bonchev–Trinajstić information content (AvgIpc) is 2.98. The highest BCUT2D eigenvalue weighted by Gasteiger charge is 2.51. The zero-order valence-corrected chi connectivity index (χ0v) is 19.3. The minimum absolute atomic E-state index is 0.0601. The van der Waals surface area contributed by atoms with Crippen LogP contribution in [0.4, 0.5) is 22.4 Å². The summed E-state index contributed by atoms with van der Waals surface area (Å²) in [4.78, 5) is 39.6. The molecule has 10 heteroatoms. The third-order valence-electron chi connectivity index (χ3n) is 6.00. The molecule has 1 saturated carbocycles. The second-order valence-electron chi connectivity index (χ2n) is 10.2. The van der Waals surface area contributed by atoms with E-state index in [2.05, 4.69) is 0 Å². The maximum Gasteiger partial charge on any atom is 0.416 e. The summed E-state index contributed by atoms with van der Waals surface area (Å²) in [6.07, 6.45) is -7.15. The predicted molar refractivity (Wildman–Crippen MR) is 107 cm³/mol. The largest absolute Gasteiger partial charge is 0.460 e. The minimum Gasteiger partial charge on any atom is -0.460 e. The number of rotatable bonds is 8. The standard InChI is InChI=1S/C22H33F4NO5/c1-13(2)16-12-31-19(30)27(16)17(28)15(11-21(23)8-6-9-21)14(7-10-22(24,25)26)18(29)32-20(3,4)5/h13-16H,6-12H2,1-5H3/t14-,15-,16-/m0/s1. The van der Waals surface area contributed by atoms with E-state index in [4.69, 9.17) is 9.47 Å². The number of amides is 2. The molecule has 2 aliphatic rings. The first-order chi connectivity index (χ1) is 14.5. The van der Waals surface area contributed by atoms with Gasteiger partial charge < -0.3 is 9.47 Å². The van der Waals surface area contributed by atoms with Crippen LogP contribution in [0.1, 0.15) is 73.1 Å². The number of esters is 1. The van der Waals surface area contributed by atoms with Crippen molar-refractivity contribution in [1.82, 2.24) is 4.90 Å². The van der Waals surface area contributed by atoms with Crippen LogP contribution in [0.25, 0.3) is 0 Å². The lowest BCUT2D eigenvalue weighted by molar-refractivity contribution is -0.171. The molecular weight excluding hydrogens is 434 g/mol. The van der Waals surface area contributed by atoms with Crippen molar-refractivity contribution in [3.8, 4) is 0 Å². The Bertz CT molecular complexity index is 712. The molecule has 2 fully saturated rings. The fourth-order valence-electron chi connectivity index (χ4n) is 4.10. The summed E-state index contributed by atoms with van der Waals surface area (Å²) >= 11 is 0. The molecule has 0 bridgehead atoms. The molecule has 0 aromatic rings. The van der Waals surface area contributed by atoms with E-state index in [-0.39, 0.29) is 25.4 Å². The van der Waals surface area contributed by atoms with Crippen LogP contribution in [0, 0.1) is 17.8 Å². The maximum atomic E-state index is 15.1. The Labute approximate surface area is 186 Å². The first-order valence-electron chi connectivity index (χ1n) is 11.0. The van der Waals surface area contributed by atoms with E-state index in [1.54, 1.807) is 34.6 Å². The van der Waals surface area contributed by atoms with Gasteiger partial charge in [-0.05, 0) is 58.8 Å². The van der Waals surface area contributed by atoms with E-state index in [1.165, 1.54) is 0 Å². The van der Waals surface area contributed by atoms with Gasteiger partial charge in [0.2, 0.25) is 5.91 Å². The van der Waals surface area contributed by atoms with Gasteiger partial charge in [0, 0.05) is 6.42 Å². The van der Waals surface area contributed by atoms with Crippen LogP contribution in [-0.2, 0) is 19.1 Å². The summed E-state index contributed by atoms with van der Waals surface area (Å²) in [5.41, 5.74) is -2.78. The van der Waals surface area contributed by atoms with E-state index in [0.717, 1.165) is 4.90 Å². The smallest absolute Gasteiger partial charge is 0.416 e. The molecule has 1 saturated heterocycles. The van der Waals surface area contributed by atoms with Crippen molar-refractivity contribution in [1.29, 1.82) is 0 Å². The molecule has 32 heavy (non-hydrogen) atoms. The number of nitrogens with zero attached hydrogens (tertiary/aromatic N) is 1. The highest BCUT2D eigenvalue weighted by atomic mass is 19.4. The van der Waals surface area contributed by atoms with Crippen molar-refractivity contribution in [2.45, 2.75) is 96.6 Å². The molecule has 6 nitrogen and oxygen atoms in total. The third kappa shape index (κ3) is 6.81. The Kier molecular flexibility index (Phi) is 7.87. The van der Waals surface area contributed by atoms with Crippen LogP contribution in [0.3, 0.4) is 0 Å². The van der Waals surface area contributed by atoms with Gasteiger partial charge in [0.05, 0.1) is 17.9 Å². The molecule has 0 unspecified atom stereocenters. The lowest BCUT2D eigenvalue weighted by Gasteiger charge is -2.39. The molecule has 1 aliphatic heterocycles. The van der Waals surface area contributed by atoms with Crippen molar-refractivity contribution >= 4 is 18.0 Å². The lowest BCUT2D eigenvalue weighted by atomic mass is 9.71. The van der Waals surface area contributed by atoms with Crippen LogP contribution in [0.15, 0.2) is 0 Å². The molecular formula is C22H33F4NO5. The van der Waals surface area contributed by atoms with Gasteiger partial charge in [0.15, 0.2) is 0 Å². The number of halogens is 4. The Balaban J connectivity index is 2.43. The van der Waals surface area contributed by atoms with E-state index in [1.807, 2.05) is 0 Å². The lowest BCUT2D eigenvalue weighted by Crippen LogP contribution is -2.50. The highest BCUT2D eigenvalue weighted by molar-refractivity contribution is 5.96. The second-order valence-corrected chi connectivity index (χ2v) is 10.2. The van der Waals surface area contributed by atoms with Crippen molar-refractivity contribution < 1.29 is 41.4 Å². The number of hydrogen-bond acceptors (Lipinski definition) is 5. The highest BCUT2D eigenvalue weighted by Crippen LogP contribution is 2.45. The Morgan fingerprint density at radius 1 is 1.19 bits per heavy atom. The summed E-state index contributed by atoms with van der Waals surface area (Å²) in [5.74, 6) is -5.09. The van der Waals surface area contributed by atoms with Gasteiger partial charge in [-0.1, -0.05) is 13.8 Å². The molecule has 2 rings (SSSR count). The Morgan fingerprint density at radius 3 is 2.22 bits per heavy atom. The molecule has 1 heterocycles. The van der Waals surface area contributed by atoms with Crippen LogP contribution in [0.2, 0.25) is 0 Å². The second kappa shape index (κ2) is 9.55. The Morgan fingerprint density at radius 2 is 1.78 bits per heavy atom. The van der Waals surface area contributed by atoms with E-state index in [9.17, 15) is 27.6 Å². The molecule has 0 N–H and O–H groups in total. The van der Waals surface area contributed by atoms with Gasteiger partial charge in [0.25, 0.3) is 0 Å². The summed E-state index contributed by atoms with van der Waals surface area (Å²) in [6, 6.07) is -0.642. The normalized spacial score (nSPS) is 22.9. The van der Waals surface area contributed by atoms with Gasteiger partial charge in [0.1, 0.15) is 17.9 Å².